The number of aryl methyl sites for hydroxylation is 1. The number of hydrogen-bond acceptors (Lipinski definition) is 1. The number of fused-ring (bicyclic) bond motifs is 2. The van der Waals surface area contributed by atoms with Crippen LogP contribution in [-0.4, -0.2) is 13.1 Å². The molecule has 0 aliphatic carbocycles. The standard InChI is InChI=1S/C23H24N2.ClH/c1(2-13-22-21-12-5-3-9-19(21)15-16-24-22)7-17-25-18-8-11-20-10-4-6-14-23(20)25;/h1-7,9-10,12-14,17,24H,8,11,15-16,18H2;1H/b2-1+,17-7+,22-13-;. The zero-order valence-corrected chi connectivity index (χ0v) is 15.7. The minimum Gasteiger partial charge on any atom is -1.00 e. The van der Waals surface area contributed by atoms with Gasteiger partial charge in [0.2, 0.25) is 0 Å². The fraction of sp³-hybridized carbons (Fsp3) is 0.217. The monoisotopic (exact) mass is 364 g/mol. The van der Waals surface area contributed by atoms with Crippen LogP contribution in [0.4, 0.5) is 5.69 Å². The molecule has 134 valence electrons. The molecule has 4 rings (SSSR count). The summed E-state index contributed by atoms with van der Waals surface area (Å²) in [5, 5.41) is 2.34. The van der Waals surface area contributed by atoms with Crippen LogP contribution in [0.25, 0.3) is 5.70 Å². The molecular weight excluding hydrogens is 340 g/mol. The molecule has 0 saturated heterocycles. The fourth-order valence-electron chi connectivity index (χ4n) is 3.77. The van der Waals surface area contributed by atoms with Crippen molar-refractivity contribution >= 4 is 11.4 Å². The van der Waals surface area contributed by atoms with Gasteiger partial charge < -0.3 is 22.6 Å². The molecule has 2 aromatic carbocycles. The maximum absolute atomic E-state index is 2.36. The van der Waals surface area contributed by atoms with E-state index in [-0.39, 0.29) is 12.4 Å². The zero-order valence-electron chi connectivity index (χ0n) is 14.9. The number of nitrogens with two attached hydrogens (primary N) is 1. The Kier molecular flexibility index (Phi) is 6.32. The molecule has 2 nitrogen and oxygen atoms in total. The van der Waals surface area contributed by atoms with Crippen LogP contribution in [0.3, 0.4) is 0 Å². The molecule has 26 heavy (non-hydrogen) atoms. The first-order valence-corrected chi connectivity index (χ1v) is 9.23. The zero-order chi connectivity index (χ0) is 16.9. The van der Waals surface area contributed by atoms with Gasteiger partial charge in [0.15, 0.2) is 0 Å². The van der Waals surface area contributed by atoms with E-state index < -0.39 is 0 Å². The van der Waals surface area contributed by atoms with Gasteiger partial charge in [-0.3, -0.25) is 0 Å². The second kappa shape index (κ2) is 8.88. The predicted molar refractivity (Wildman–Crippen MR) is 105 cm³/mol. The smallest absolute Gasteiger partial charge is 0.137 e. The summed E-state index contributed by atoms with van der Waals surface area (Å²) in [6.45, 7) is 2.24. The minimum absolute atomic E-state index is 0. The summed E-state index contributed by atoms with van der Waals surface area (Å²) in [6, 6.07) is 17.5. The molecule has 2 aliphatic rings. The Bertz CT molecular complexity index is 836. The Morgan fingerprint density at radius 3 is 2.58 bits per heavy atom. The van der Waals surface area contributed by atoms with Crippen LogP contribution in [0.15, 0.2) is 79.0 Å². The van der Waals surface area contributed by atoms with Crippen molar-refractivity contribution in [1.82, 2.24) is 0 Å². The van der Waals surface area contributed by atoms with E-state index in [0.717, 1.165) is 19.5 Å². The quantitative estimate of drug-likeness (QED) is 0.794. The number of hydrogen-bond donors (Lipinski definition) is 1. The molecule has 0 amide bonds. The Labute approximate surface area is 162 Å². The van der Waals surface area contributed by atoms with Crippen molar-refractivity contribution in [2.45, 2.75) is 19.3 Å². The molecular formula is C23H25ClN2. The van der Waals surface area contributed by atoms with Crippen molar-refractivity contribution in [3.05, 3.63) is 95.7 Å². The molecule has 0 fully saturated rings. The van der Waals surface area contributed by atoms with Crippen LogP contribution < -0.4 is 22.6 Å². The Morgan fingerprint density at radius 2 is 1.65 bits per heavy atom. The highest BCUT2D eigenvalue weighted by atomic mass is 35.5. The molecule has 2 N–H and O–H groups in total. The lowest BCUT2D eigenvalue weighted by atomic mass is 9.98. The highest BCUT2D eigenvalue weighted by molar-refractivity contribution is 5.63. The van der Waals surface area contributed by atoms with Crippen molar-refractivity contribution in [3.8, 4) is 0 Å². The summed E-state index contributed by atoms with van der Waals surface area (Å²) in [6.07, 6.45) is 14.4. The average molecular weight is 365 g/mol. The SMILES string of the molecule is C(/C=C/C=C/N1CCCc2ccccc21)=C1/[NH2+]CCc2ccccc21.[Cl-]. The third-order valence-corrected chi connectivity index (χ3v) is 5.02. The molecule has 2 heterocycles. The van der Waals surface area contributed by atoms with E-state index in [4.69, 9.17) is 0 Å². The normalized spacial score (nSPS) is 18.0. The van der Waals surface area contributed by atoms with Crippen molar-refractivity contribution in [3.63, 3.8) is 0 Å². The third kappa shape index (κ3) is 4.09. The van der Waals surface area contributed by atoms with Gasteiger partial charge in [0.1, 0.15) is 5.70 Å². The minimum atomic E-state index is 0. The second-order valence-electron chi connectivity index (χ2n) is 6.67. The lowest BCUT2D eigenvalue weighted by Crippen LogP contribution is -3.00. The van der Waals surface area contributed by atoms with E-state index in [1.807, 2.05) is 0 Å². The second-order valence-corrected chi connectivity index (χ2v) is 6.67. The molecule has 3 heteroatoms. The van der Waals surface area contributed by atoms with E-state index >= 15 is 0 Å². The summed E-state index contributed by atoms with van der Waals surface area (Å²) in [7, 11) is 0. The molecule has 2 aliphatic heterocycles. The number of rotatable bonds is 3. The number of benzene rings is 2. The van der Waals surface area contributed by atoms with Gasteiger partial charge in [0, 0.05) is 30.4 Å². The topological polar surface area (TPSA) is 19.9 Å². The van der Waals surface area contributed by atoms with E-state index in [0.29, 0.717) is 0 Å². The van der Waals surface area contributed by atoms with Crippen molar-refractivity contribution < 1.29 is 17.7 Å². The van der Waals surface area contributed by atoms with E-state index in [9.17, 15) is 0 Å². The maximum atomic E-state index is 2.36. The van der Waals surface area contributed by atoms with Crippen LogP contribution in [-0.2, 0) is 12.8 Å². The number of halogens is 1. The van der Waals surface area contributed by atoms with Crippen LogP contribution in [0.5, 0.6) is 0 Å². The molecule has 0 spiro atoms. The van der Waals surface area contributed by atoms with E-state index in [1.54, 1.807) is 0 Å². The average Bonchev–Trinajstić information content (AvgIpc) is 2.68. The van der Waals surface area contributed by atoms with Gasteiger partial charge >= 0.3 is 0 Å². The van der Waals surface area contributed by atoms with Gasteiger partial charge in [-0.2, -0.15) is 0 Å². The van der Waals surface area contributed by atoms with Gasteiger partial charge in [0.05, 0.1) is 6.54 Å². The Hall–Kier alpha value is -2.29. The van der Waals surface area contributed by atoms with Crippen molar-refractivity contribution in [2.24, 2.45) is 0 Å². The van der Waals surface area contributed by atoms with E-state index in [1.165, 1.54) is 40.9 Å². The summed E-state index contributed by atoms with van der Waals surface area (Å²) in [5.74, 6) is 0. The number of nitrogens with zero attached hydrogens (tertiary/aromatic N) is 1. The Morgan fingerprint density at radius 1 is 0.846 bits per heavy atom. The number of para-hydroxylation sites is 1. The first kappa shape index (κ1) is 18.5. The fourth-order valence-corrected chi connectivity index (χ4v) is 3.77. The van der Waals surface area contributed by atoms with Crippen LogP contribution in [0.1, 0.15) is 23.1 Å². The summed E-state index contributed by atoms with van der Waals surface area (Å²) in [4.78, 5) is 2.36. The predicted octanol–water partition coefficient (Wildman–Crippen LogP) is 0.674. The first-order valence-electron chi connectivity index (χ1n) is 9.23. The van der Waals surface area contributed by atoms with Gasteiger partial charge in [-0.25, -0.2) is 0 Å². The molecule has 0 unspecified atom stereocenters. The summed E-state index contributed by atoms with van der Waals surface area (Å²) >= 11 is 0. The maximum Gasteiger partial charge on any atom is 0.137 e. The lowest BCUT2D eigenvalue weighted by Gasteiger charge is -2.27. The third-order valence-electron chi connectivity index (χ3n) is 5.02. The van der Waals surface area contributed by atoms with Crippen LogP contribution >= 0.6 is 0 Å². The van der Waals surface area contributed by atoms with Gasteiger partial charge in [-0.05, 0) is 48.3 Å². The molecule has 0 atom stereocenters. The van der Waals surface area contributed by atoms with Gasteiger partial charge in [-0.1, -0.05) is 48.6 Å². The summed E-state index contributed by atoms with van der Waals surface area (Å²) < 4.78 is 0. The van der Waals surface area contributed by atoms with Crippen LogP contribution in [0, 0.1) is 0 Å². The number of quaternary nitrogens is 1. The largest absolute Gasteiger partial charge is 1.00 e. The number of anilines is 1. The lowest BCUT2D eigenvalue weighted by molar-refractivity contribution is -0.564. The van der Waals surface area contributed by atoms with Crippen LogP contribution in [0.2, 0.25) is 0 Å². The molecule has 0 radical (unpaired) electrons. The van der Waals surface area contributed by atoms with Gasteiger partial charge in [-0.15, -0.1) is 0 Å². The first-order chi connectivity index (χ1) is 12.4. The highest BCUT2D eigenvalue weighted by Crippen LogP contribution is 2.26. The molecule has 0 aromatic heterocycles. The Balaban J connectivity index is 0.00000196. The highest BCUT2D eigenvalue weighted by Gasteiger charge is 2.15. The number of allylic oxidation sites excluding steroid dienone is 4. The molecule has 0 bridgehead atoms. The van der Waals surface area contributed by atoms with E-state index in [2.05, 4.69) is 89.3 Å². The summed E-state index contributed by atoms with van der Waals surface area (Å²) in [5.41, 5.74) is 7.00. The molecule has 0 saturated carbocycles. The van der Waals surface area contributed by atoms with Crippen molar-refractivity contribution in [2.75, 3.05) is 18.0 Å². The molecule has 2 aromatic rings. The van der Waals surface area contributed by atoms with Gasteiger partial charge in [0.25, 0.3) is 0 Å². The van der Waals surface area contributed by atoms with Crippen molar-refractivity contribution in [1.29, 1.82) is 0 Å².